The van der Waals surface area contributed by atoms with Crippen molar-refractivity contribution in [2.24, 2.45) is 5.41 Å². The molecule has 72 valence electrons. The molecule has 2 fully saturated rings. The Bertz CT molecular complexity index is 99.5. The van der Waals surface area contributed by atoms with Crippen LogP contribution in [-0.2, 0) is 0 Å². The van der Waals surface area contributed by atoms with Crippen LogP contribution in [0.25, 0.3) is 0 Å². The molecule has 0 aliphatic heterocycles. The number of hydrogen-bond donors (Lipinski definition) is 0. The molecule has 2 aliphatic carbocycles. The summed E-state index contributed by atoms with van der Waals surface area (Å²) in [6, 6.07) is 0. The summed E-state index contributed by atoms with van der Waals surface area (Å²) in [6.07, 6.45) is 15.4. The Kier molecular flexibility index (Phi) is 3.89. The van der Waals surface area contributed by atoms with Crippen molar-refractivity contribution in [3.63, 3.8) is 0 Å². The molecule has 1 spiro atoms. The lowest BCUT2D eigenvalue weighted by atomic mass is 9.65. The van der Waals surface area contributed by atoms with Crippen LogP contribution in [0.4, 0.5) is 0 Å². The van der Waals surface area contributed by atoms with E-state index in [1.807, 2.05) is 0 Å². The van der Waals surface area contributed by atoms with E-state index in [0.29, 0.717) is 0 Å². The summed E-state index contributed by atoms with van der Waals surface area (Å²) in [5, 5.41) is 0. The predicted molar refractivity (Wildman–Crippen MR) is 55.9 cm³/mol. The first-order valence-corrected chi connectivity index (χ1v) is 5.41. The van der Waals surface area contributed by atoms with Crippen LogP contribution in [0, 0.1) is 5.41 Å². The maximum atomic E-state index is 1.56. The molecule has 0 N–H and O–H groups in total. The minimum Gasteiger partial charge on any atom is -0.147 e. The molecule has 0 heterocycles. The van der Waals surface area contributed by atoms with Crippen molar-refractivity contribution in [3.05, 3.63) is 0 Å². The van der Waals surface area contributed by atoms with E-state index in [4.69, 9.17) is 0 Å². The highest BCUT2D eigenvalue weighted by Crippen LogP contribution is 2.47. The summed E-state index contributed by atoms with van der Waals surface area (Å²) in [4.78, 5) is 0. The SMILES string of the molecule is C1CCC2(CC1)CCCCC2.Cl. The van der Waals surface area contributed by atoms with Crippen LogP contribution in [0.5, 0.6) is 0 Å². The quantitative estimate of drug-likeness (QED) is 0.531. The van der Waals surface area contributed by atoms with Gasteiger partial charge < -0.3 is 0 Å². The molecule has 0 saturated heterocycles. The fourth-order valence-corrected chi connectivity index (χ4v) is 3.10. The van der Waals surface area contributed by atoms with Crippen LogP contribution >= 0.6 is 12.4 Å². The van der Waals surface area contributed by atoms with Gasteiger partial charge in [-0.05, 0) is 31.1 Å². The molecule has 0 unspecified atom stereocenters. The van der Waals surface area contributed by atoms with Gasteiger partial charge in [0, 0.05) is 0 Å². The lowest BCUT2D eigenvalue weighted by molar-refractivity contribution is 0.124. The summed E-state index contributed by atoms with van der Waals surface area (Å²) in [5.74, 6) is 0. The Morgan fingerprint density at radius 1 is 0.500 bits per heavy atom. The van der Waals surface area contributed by atoms with Crippen molar-refractivity contribution in [3.8, 4) is 0 Å². The first-order valence-electron chi connectivity index (χ1n) is 5.41. The predicted octanol–water partition coefficient (Wildman–Crippen LogP) is 4.32. The molecule has 0 radical (unpaired) electrons. The van der Waals surface area contributed by atoms with E-state index in [1.165, 1.54) is 38.5 Å². The van der Waals surface area contributed by atoms with E-state index in [1.54, 1.807) is 25.7 Å². The second kappa shape index (κ2) is 4.50. The number of halogens is 1. The molecule has 0 bridgehead atoms. The third-order valence-electron chi connectivity index (χ3n) is 3.83. The summed E-state index contributed by atoms with van der Waals surface area (Å²) in [5.41, 5.74) is 0.858. The third-order valence-corrected chi connectivity index (χ3v) is 3.83. The van der Waals surface area contributed by atoms with E-state index < -0.39 is 0 Å². The van der Waals surface area contributed by atoms with Gasteiger partial charge in [-0.15, -0.1) is 12.4 Å². The molecule has 0 aromatic carbocycles. The molecule has 1 heteroatoms. The highest BCUT2D eigenvalue weighted by Gasteiger charge is 2.32. The van der Waals surface area contributed by atoms with Crippen molar-refractivity contribution in [1.29, 1.82) is 0 Å². The second-order valence-electron chi connectivity index (χ2n) is 4.62. The second-order valence-corrected chi connectivity index (χ2v) is 4.62. The van der Waals surface area contributed by atoms with E-state index >= 15 is 0 Å². The molecule has 0 amide bonds. The van der Waals surface area contributed by atoms with Crippen LogP contribution in [-0.4, -0.2) is 0 Å². The highest BCUT2D eigenvalue weighted by molar-refractivity contribution is 5.85. The molecule has 0 atom stereocenters. The Morgan fingerprint density at radius 2 is 0.833 bits per heavy atom. The molecular formula is C11H21Cl. The summed E-state index contributed by atoms with van der Waals surface area (Å²) < 4.78 is 0. The Labute approximate surface area is 82.5 Å². The average molecular weight is 189 g/mol. The van der Waals surface area contributed by atoms with E-state index in [2.05, 4.69) is 0 Å². The minimum absolute atomic E-state index is 0. The fourth-order valence-electron chi connectivity index (χ4n) is 3.10. The van der Waals surface area contributed by atoms with Gasteiger partial charge in [-0.25, -0.2) is 0 Å². The first kappa shape index (κ1) is 10.4. The molecule has 0 aromatic heterocycles. The van der Waals surface area contributed by atoms with Crippen molar-refractivity contribution in [2.75, 3.05) is 0 Å². The Balaban J connectivity index is 0.000000720. The van der Waals surface area contributed by atoms with Crippen LogP contribution in [0.1, 0.15) is 64.2 Å². The summed E-state index contributed by atoms with van der Waals surface area (Å²) >= 11 is 0. The summed E-state index contributed by atoms with van der Waals surface area (Å²) in [6.45, 7) is 0. The average Bonchev–Trinajstić information content (AvgIpc) is 2.07. The normalized spacial score (nSPS) is 28.0. The van der Waals surface area contributed by atoms with Crippen LogP contribution in [0.2, 0.25) is 0 Å². The van der Waals surface area contributed by atoms with E-state index in [-0.39, 0.29) is 12.4 Å². The van der Waals surface area contributed by atoms with E-state index in [0.717, 1.165) is 5.41 Å². The smallest absolute Gasteiger partial charge is 0.0297 e. The van der Waals surface area contributed by atoms with Crippen molar-refractivity contribution < 1.29 is 0 Å². The van der Waals surface area contributed by atoms with Gasteiger partial charge in [0.25, 0.3) is 0 Å². The molecule has 12 heavy (non-hydrogen) atoms. The zero-order valence-corrected chi connectivity index (χ0v) is 8.80. The zero-order chi connectivity index (χ0) is 7.57. The molecule has 2 rings (SSSR count). The number of rotatable bonds is 0. The van der Waals surface area contributed by atoms with Gasteiger partial charge in [-0.1, -0.05) is 38.5 Å². The molecule has 0 aromatic rings. The molecule has 2 saturated carbocycles. The first-order chi connectivity index (χ1) is 5.41. The summed E-state index contributed by atoms with van der Waals surface area (Å²) in [7, 11) is 0. The minimum atomic E-state index is 0. The molecule has 0 nitrogen and oxygen atoms in total. The van der Waals surface area contributed by atoms with Gasteiger partial charge >= 0.3 is 0 Å². The van der Waals surface area contributed by atoms with Crippen molar-refractivity contribution >= 4 is 12.4 Å². The lowest BCUT2D eigenvalue weighted by Gasteiger charge is -2.40. The van der Waals surface area contributed by atoms with Gasteiger partial charge in [0.05, 0.1) is 0 Å². The van der Waals surface area contributed by atoms with Crippen molar-refractivity contribution in [1.82, 2.24) is 0 Å². The van der Waals surface area contributed by atoms with Gasteiger partial charge in [0.15, 0.2) is 0 Å². The monoisotopic (exact) mass is 188 g/mol. The van der Waals surface area contributed by atoms with Gasteiger partial charge in [-0.2, -0.15) is 0 Å². The van der Waals surface area contributed by atoms with Gasteiger partial charge in [0.1, 0.15) is 0 Å². The van der Waals surface area contributed by atoms with Crippen LogP contribution in [0.3, 0.4) is 0 Å². The fraction of sp³-hybridized carbons (Fsp3) is 1.00. The lowest BCUT2D eigenvalue weighted by Crippen LogP contribution is -2.26. The number of hydrogen-bond acceptors (Lipinski definition) is 0. The zero-order valence-electron chi connectivity index (χ0n) is 7.98. The van der Waals surface area contributed by atoms with Gasteiger partial charge in [0.2, 0.25) is 0 Å². The van der Waals surface area contributed by atoms with Crippen LogP contribution in [0.15, 0.2) is 0 Å². The maximum Gasteiger partial charge on any atom is -0.0297 e. The van der Waals surface area contributed by atoms with Gasteiger partial charge in [-0.3, -0.25) is 0 Å². The highest BCUT2D eigenvalue weighted by atomic mass is 35.5. The maximum absolute atomic E-state index is 1.56. The standard InChI is InChI=1S/C11H20.ClH/c1-3-7-11(8-4-1)9-5-2-6-10-11;/h1-10H2;1H. The Morgan fingerprint density at radius 3 is 1.17 bits per heavy atom. The largest absolute Gasteiger partial charge is 0.147 e. The van der Waals surface area contributed by atoms with Crippen molar-refractivity contribution in [2.45, 2.75) is 64.2 Å². The molecule has 2 aliphatic rings. The molecular weight excluding hydrogens is 168 g/mol. The van der Waals surface area contributed by atoms with Crippen LogP contribution < -0.4 is 0 Å². The Hall–Kier alpha value is 0.290. The topological polar surface area (TPSA) is 0 Å². The van der Waals surface area contributed by atoms with E-state index in [9.17, 15) is 0 Å². The third kappa shape index (κ3) is 2.16.